The van der Waals surface area contributed by atoms with Crippen LogP contribution in [0.5, 0.6) is 5.75 Å². The molecule has 34 heavy (non-hydrogen) atoms. The van der Waals surface area contributed by atoms with Crippen molar-refractivity contribution in [3.05, 3.63) is 92.3 Å². The van der Waals surface area contributed by atoms with E-state index in [2.05, 4.69) is 15.3 Å². The van der Waals surface area contributed by atoms with Crippen LogP contribution in [0.4, 0.5) is 0 Å². The van der Waals surface area contributed by atoms with Crippen molar-refractivity contribution in [2.75, 3.05) is 5.75 Å². The number of fused-ring (bicyclic) bond motifs is 3. The van der Waals surface area contributed by atoms with Crippen molar-refractivity contribution >= 4 is 39.2 Å². The van der Waals surface area contributed by atoms with E-state index in [9.17, 15) is 9.59 Å². The van der Waals surface area contributed by atoms with Crippen molar-refractivity contribution in [1.82, 2.24) is 15.3 Å². The van der Waals surface area contributed by atoms with Crippen LogP contribution in [-0.4, -0.2) is 21.6 Å². The van der Waals surface area contributed by atoms with E-state index in [0.29, 0.717) is 24.7 Å². The standard InChI is InChI=1S/C26H25N3O3S2/c30-23(27-13-18-9-4-5-11-20(18)32-14-17-7-2-1-3-8-17)16-33-15-22-28-25(31)24-19-10-6-12-21(19)34-26(24)29-22/h1-5,7-9,11H,6,10,12-16H2,(H,27,30)(H,28,29,31). The summed E-state index contributed by atoms with van der Waals surface area (Å²) in [5.74, 6) is 2.08. The number of para-hydroxylation sites is 1. The molecule has 1 aliphatic carbocycles. The second-order valence-electron chi connectivity index (χ2n) is 8.20. The van der Waals surface area contributed by atoms with Gasteiger partial charge in [0.25, 0.3) is 5.56 Å². The average Bonchev–Trinajstić information content (AvgIpc) is 3.44. The average molecular weight is 492 g/mol. The molecule has 8 heteroatoms. The van der Waals surface area contributed by atoms with Gasteiger partial charge in [0.1, 0.15) is 23.0 Å². The molecule has 1 amide bonds. The monoisotopic (exact) mass is 491 g/mol. The summed E-state index contributed by atoms with van der Waals surface area (Å²) in [5.41, 5.74) is 3.14. The molecule has 6 nitrogen and oxygen atoms in total. The molecular weight excluding hydrogens is 466 g/mol. The van der Waals surface area contributed by atoms with E-state index in [0.717, 1.165) is 46.4 Å². The molecular formula is C26H25N3O3S2. The summed E-state index contributed by atoms with van der Waals surface area (Å²) in [6.07, 6.45) is 3.13. The van der Waals surface area contributed by atoms with Crippen LogP contribution in [0.1, 0.15) is 33.8 Å². The minimum atomic E-state index is -0.0682. The molecule has 0 bridgehead atoms. The lowest BCUT2D eigenvalue weighted by molar-refractivity contribution is -0.118. The quantitative estimate of drug-likeness (QED) is 0.357. The van der Waals surface area contributed by atoms with Gasteiger partial charge in [-0.1, -0.05) is 48.5 Å². The normalized spacial score (nSPS) is 12.6. The molecule has 0 fully saturated rings. The zero-order valence-electron chi connectivity index (χ0n) is 18.6. The summed E-state index contributed by atoms with van der Waals surface area (Å²) in [4.78, 5) is 34.6. The summed E-state index contributed by atoms with van der Waals surface area (Å²) < 4.78 is 5.97. The lowest BCUT2D eigenvalue weighted by Crippen LogP contribution is -2.25. The Bertz CT molecular complexity index is 1360. The molecule has 2 N–H and O–H groups in total. The van der Waals surface area contributed by atoms with Gasteiger partial charge in [-0.05, 0) is 36.5 Å². The SMILES string of the molecule is O=C(CSCc1nc2sc3c(c2c(=O)[nH]1)CCC3)NCc1ccccc1OCc1ccccc1. The fraction of sp³-hybridized carbons (Fsp3) is 0.269. The second-order valence-corrected chi connectivity index (χ2v) is 10.3. The highest BCUT2D eigenvalue weighted by molar-refractivity contribution is 7.99. The van der Waals surface area contributed by atoms with E-state index in [1.165, 1.54) is 22.2 Å². The molecule has 0 saturated carbocycles. The summed E-state index contributed by atoms with van der Waals surface area (Å²) in [5, 5.41) is 3.72. The minimum Gasteiger partial charge on any atom is -0.489 e. The predicted octanol–water partition coefficient (Wildman–Crippen LogP) is 4.60. The molecule has 2 aromatic heterocycles. The van der Waals surface area contributed by atoms with Gasteiger partial charge in [-0.3, -0.25) is 9.59 Å². The first-order chi connectivity index (χ1) is 16.7. The third kappa shape index (κ3) is 5.18. The van der Waals surface area contributed by atoms with Crippen LogP contribution in [-0.2, 0) is 36.5 Å². The van der Waals surface area contributed by atoms with E-state index in [-0.39, 0.29) is 17.2 Å². The zero-order valence-corrected chi connectivity index (χ0v) is 20.3. The summed E-state index contributed by atoms with van der Waals surface area (Å²) in [6, 6.07) is 17.7. The molecule has 0 aliphatic heterocycles. The Balaban J connectivity index is 1.12. The first-order valence-electron chi connectivity index (χ1n) is 11.3. The first kappa shape index (κ1) is 22.7. The highest BCUT2D eigenvalue weighted by atomic mass is 32.2. The molecule has 0 radical (unpaired) electrons. The maximum absolute atomic E-state index is 12.6. The molecule has 2 aromatic carbocycles. The Morgan fingerprint density at radius 3 is 2.82 bits per heavy atom. The van der Waals surface area contributed by atoms with E-state index >= 15 is 0 Å². The van der Waals surface area contributed by atoms with Crippen molar-refractivity contribution in [3.63, 3.8) is 0 Å². The van der Waals surface area contributed by atoms with Crippen LogP contribution >= 0.6 is 23.1 Å². The number of H-pyrrole nitrogens is 1. The maximum atomic E-state index is 12.6. The fourth-order valence-corrected chi connectivity index (χ4v) is 6.13. The van der Waals surface area contributed by atoms with Crippen LogP contribution in [0.25, 0.3) is 10.2 Å². The molecule has 0 spiro atoms. The maximum Gasteiger partial charge on any atom is 0.259 e. The highest BCUT2D eigenvalue weighted by Crippen LogP contribution is 2.34. The van der Waals surface area contributed by atoms with Gasteiger partial charge in [0.15, 0.2) is 0 Å². The van der Waals surface area contributed by atoms with E-state index in [4.69, 9.17) is 4.74 Å². The second kappa shape index (κ2) is 10.4. The van der Waals surface area contributed by atoms with E-state index in [1.807, 2.05) is 54.6 Å². The summed E-state index contributed by atoms with van der Waals surface area (Å²) >= 11 is 3.07. The van der Waals surface area contributed by atoms with Gasteiger partial charge in [0.05, 0.1) is 16.9 Å². The Kier molecular flexibility index (Phi) is 6.97. The van der Waals surface area contributed by atoms with Crippen molar-refractivity contribution in [2.24, 2.45) is 0 Å². The lowest BCUT2D eigenvalue weighted by Gasteiger charge is -2.12. The number of aromatic amines is 1. The summed E-state index contributed by atoms with van der Waals surface area (Å²) in [7, 11) is 0. The predicted molar refractivity (Wildman–Crippen MR) is 137 cm³/mol. The van der Waals surface area contributed by atoms with Gasteiger partial charge in [0.2, 0.25) is 5.91 Å². The largest absolute Gasteiger partial charge is 0.489 e. The Labute approximate surface area is 205 Å². The molecule has 4 aromatic rings. The van der Waals surface area contributed by atoms with Gasteiger partial charge >= 0.3 is 0 Å². The lowest BCUT2D eigenvalue weighted by atomic mass is 10.2. The number of thiophene rings is 1. The van der Waals surface area contributed by atoms with Crippen LogP contribution in [0.2, 0.25) is 0 Å². The number of nitrogens with zero attached hydrogens (tertiary/aromatic N) is 1. The number of hydrogen-bond acceptors (Lipinski definition) is 6. The van der Waals surface area contributed by atoms with Crippen molar-refractivity contribution in [2.45, 2.75) is 38.2 Å². The minimum absolute atomic E-state index is 0.0587. The van der Waals surface area contributed by atoms with Crippen LogP contribution in [0, 0.1) is 0 Å². The Hall–Kier alpha value is -3.10. The Morgan fingerprint density at radius 2 is 1.94 bits per heavy atom. The number of rotatable bonds is 9. The number of benzene rings is 2. The fourth-order valence-electron chi connectivity index (χ4n) is 4.13. The third-order valence-electron chi connectivity index (χ3n) is 5.78. The number of hydrogen-bond donors (Lipinski definition) is 2. The van der Waals surface area contributed by atoms with E-state index < -0.39 is 0 Å². The molecule has 174 valence electrons. The number of nitrogens with one attached hydrogen (secondary N) is 2. The summed E-state index contributed by atoms with van der Waals surface area (Å²) in [6.45, 7) is 0.872. The topological polar surface area (TPSA) is 84.1 Å². The van der Waals surface area contributed by atoms with Gasteiger partial charge in [0, 0.05) is 17.0 Å². The number of thioether (sulfide) groups is 1. The molecule has 1 aliphatic rings. The number of aromatic nitrogens is 2. The van der Waals surface area contributed by atoms with Gasteiger partial charge in [-0.2, -0.15) is 0 Å². The molecule has 0 unspecified atom stereocenters. The zero-order chi connectivity index (χ0) is 23.3. The first-order valence-corrected chi connectivity index (χ1v) is 13.3. The molecule has 0 atom stereocenters. The van der Waals surface area contributed by atoms with Gasteiger partial charge < -0.3 is 15.0 Å². The van der Waals surface area contributed by atoms with Crippen molar-refractivity contribution in [1.29, 1.82) is 0 Å². The van der Waals surface area contributed by atoms with Crippen molar-refractivity contribution in [3.8, 4) is 5.75 Å². The number of aryl methyl sites for hydroxylation is 2. The van der Waals surface area contributed by atoms with Gasteiger partial charge in [-0.15, -0.1) is 23.1 Å². The van der Waals surface area contributed by atoms with Crippen LogP contribution < -0.4 is 15.6 Å². The van der Waals surface area contributed by atoms with Crippen LogP contribution in [0.3, 0.4) is 0 Å². The van der Waals surface area contributed by atoms with Gasteiger partial charge in [-0.25, -0.2) is 4.98 Å². The highest BCUT2D eigenvalue weighted by Gasteiger charge is 2.21. The molecule has 0 saturated heterocycles. The molecule has 5 rings (SSSR count). The third-order valence-corrected chi connectivity index (χ3v) is 7.91. The van der Waals surface area contributed by atoms with E-state index in [1.54, 1.807) is 11.3 Å². The molecule has 2 heterocycles. The number of carbonyl (C=O) groups is 1. The number of carbonyl (C=O) groups excluding carboxylic acids is 1. The number of ether oxygens (including phenoxy) is 1. The number of amides is 1. The van der Waals surface area contributed by atoms with Crippen molar-refractivity contribution < 1.29 is 9.53 Å². The smallest absolute Gasteiger partial charge is 0.259 e. The van der Waals surface area contributed by atoms with Crippen LogP contribution in [0.15, 0.2) is 59.4 Å². The Morgan fingerprint density at radius 1 is 1.12 bits per heavy atom.